The third kappa shape index (κ3) is 5.85. The average Bonchev–Trinajstić information content (AvgIpc) is 4.00. The van der Waals surface area contributed by atoms with Crippen LogP contribution in [-0.2, 0) is 0 Å². The van der Waals surface area contributed by atoms with Gasteiger partial charge in [-0.25, -0.2) is 9.97 Å². The van der Waals surface area contributed by atoms with Gasteiger partial charge in [-0.15, -0.1) is 0 Å². The molecule has 336 valence electrons. The van der Waals surface area contributed by atoms with E-state index < -0.39 is 0 Å². The number of hydrogen-bond donors (Lipinski definition) is 0. The van der Waals surface area contributed by atoms with E-state index in [1.165, 1.54) is 116 Å². The maximum Gasteiger partial charge on any atom is 0.252 e. The van der Waals surface area contributed by atoms with Crippen LogP contribution >= 0.6 is 0 Å². The van der Waals surface area contributed by atoms with Crippen LogP contribution in [0.5, 0.6) is 0 Å². The summed E-state index contributed by atoms with van der Waals surface area (Å²) in [5, 5.41) is 6.02. The summed E-state index contributed by atoms with van der Waals surface area (Å²) < 4.78 is 5.20. The molecule has 2 aliphatic rings. The minimum Gasteiger partial charge on any atom is -0.310 e. The van der Waals surface area contributed by atoms with E-state index in [1.54, 1.807) is 0 Å². The van der Waals surface area contributed by atoms with Gasteiger partial charge in [-0.2, -0.15) is 0 Å². The Hall–Kier alpha value is -9.58. The van der Waals surface area contributed by atoms with Crippen LogP contribution < -0.4 is 16.4 Å². The van der Waals surface area contributed by atoms with Crippen molar-refractivity contribution in [1.82, 2.24) is 19.1 Å². The zero-order chi connectivity index (χ0) is 47.7. The first-order valence-corrected chi connectivity index (χ1v) is 25.2. The fourth-order valence-corrected chi connectivity index (χ4v) is 12.6. The molecule has 0 saturated carbocycles. The summed E-state index contributed by atoms with van der Waals surface area (Å²) in [6.45, 7) is -0.0727. The fourth-order valence-electron chi connectivity index (χ4n) is 12.6. The lowest BCUT2D eigenvalue weighted by atomic mass is 9.34. The van der Waals surface area contributed by atoms with E-state index in [1.807, 2.05) is 6.07 Å². The third-order valence-corrected chi connectivity index (χ3v) is 15.7. The Morgan fingerprint density at radius 2 is 0.753 bits per heavy atom. The van der Waals surface area contributed by atoms with Gasteiger partial charge in [0.2, 0.25) is 0 Å². The van der Waals surface area contributed by atoms with Crippen molar-refractivity contribution in [2.45, 2.75) is 0 Å². The quantitative estimate of drug-likeness (QED) is 0.156. The van der Waals surface area contributed by atoms with E-state index in [2.05, 4.69) is 252 Å². The molecule has 5 heterocycles. The van der Waals surface area contributed by atoms with Crippen LogP contribution in [0.1, 0.15) is 0 Å². The molecule has 0 radical (unpaired) electrons. The van der Waals surface area contributed by atoms with E-state index in [9.17, 15) is 0 Å². The molecule has 16 rings (SSSR count). The van der Waals surface area contributed by atoms with Gasteiger partial charge in [0.25, 0.3) is 6.71 Å². The Labute approximate surface area is 421 Å². The first-order chi connectivity index (χ1) is 36.2. The predicted octanol–water partition coefficient (Wildman–Crippen LogP) is 15.0. The Kier molecular flexibility index (Phi) is 8.51. The van der Waals surface area contributed by atoms with Crippen molar-refractivity contribution >= 4 is 77.6 Å². The Morgan fingerprint density at radius 3 is 1.25 bits per heavy atom. The van der Waals surface area contributed by atoms with Gasteiger partial charge in [-0.1, -0.05) is 206 Å². The van der Waals surface area contributed by atoms with Gasteiger partial charge < -0.3 is 9.13 Å². The molecular formula is C68H41BN4. The lowest BCUT2D eigenvalue weighted by molar-refractivity contribution is 1.14. The Bertz CT molecular complexity index is 4350. The highest BCUT2D eigenvalue weighted by Gasteiger charge is 2.42. The lowest BCUT2D eigenvalue weighted by Gasteiger charge is -2.34. The minimum atomic E-state index is -0.0727. The highest BCUT2D eigenvalue weighted by atomic mass is 15.0. The van der Waals surface area contributed by atoms with E-state index in [0.29, 0.717) is 5.82 Å². The number of aromatic nitrogens is 4. The Balaban J connectivity index is 1.09. The van der Waals surface area contributed by atoms with Crippen LogP contribution in [0.15, 0.2) is 249 Å². The van der Waals surface area contributed by atoms with Crippen molar-refractivity contribution in [3.05, 3.63) is 249 Å². The number of hydrogen-bond acceptors (Lipinski definition) is 2. The molecule has 0 unspecified atom stereocenters. The molecule has 0 saturated heterocycles. The SMILES string of the molecule is c1ccc(-c2ccc3c(c2)c2c(-c4ccccc4)ccc4c2n3-c2cc(-c3nc(-c5ccccc5)nc5ccccc35)cc3c2B4c2ccc(-c4ccccc4)c4c5cc(-c6ccccc6)ccc5n-3c24)cc1. The smallest absolute Gasteiger partial charge is 0.252 e. The van der Waals surface area contributed by atoms with Crippen molar-refractivity contribution in [2.75, 3.05) is 0 Å². The molecule has 4 nitrogen and oxygen atoms in total. The summed E-state index contributed by atoms with van der Waals surface area (Å²) in [4.78, 5) is 10.8. The number of nitrogens with zero attached hydrogens (tertiary/aromatic N) is 4. The van der Waals surface area contributed by atoms with Crippen molar-refractivity contribution in [1.29, 1.82) is 0 Å². The molecule has 2 aliphatic heterocycles. The van der Waals surface area contributed by atoms with Crippen molar-refractivity contribution in [2.24, 2.45) is 0 Å². The summed E-state index contributed by atoms with van der Waals surface area (Å²) in [6.07, 6.45) is 0. The molecule has 0 fully saturated rings. The zero-order valence-electron chi connectivity index (χ0n) is 39.5. The summed E-state index contributed by atoms with van der Waals surface area (Å²) in [6, 6.07) is 91.1. The summed E-state index contributed by atoms with van der Waals surface area (Å²) in [5.74, 6) is 0.707. The standard InChI is InChI=1S/C68H41BN4/c1-6-18-42(19-7-1)47-30-36-58-53(38-47)62-50(44-22-10-3-11-23-44)32-34-55-66(62)72(58)60-40-49(65-52-28-16-17-29-57(52)70-68(71-65)46-26-14-5-15-27-46)41-61-64(60)69(55)56-35-33-51(45-24-12-4-13-25-45)63-54-39-48(43-20-8-2-9-21-43)31-37-59(54)73(61)67(56)63/h1-41H. The lowest BCUT2D eigenvalue weighted by Crippen LogP contribution is -2.59. The van der Waals surface area contributed by atoms with Gasteiger partial charge in [0.1, 0.15) is 0 Å². The molecule has 5 heteroatoms. The zero-order valence-corrected chi connectivity index (χ0v) is 39.5. The van der Waals surface area contributed by atoms with Gasteiger partial charge in [0.15, 0.2) is 5.82 Å². The monoisotopic (exact) mass is 924 g/mol. The van der Waals surface area contributed by atoms with Crippen LogP contribution in [-0.4, -0.2) is 25.8 Å². The van der Waals surface area contributed by atoms with E-state index in [-0.39, 0.29) is 6.71 Å². The molecule has 0 N–H and O–H groups in total. The van der Waals surface area contributed by atoms with Gasteiger partial charge in [0, 0.05) is 60.5 Å². The maximum absolute atomic E-state index is 5.56. The normalized spacial score (nSPS) is 12.4. The van der Waals surface area contributed by atoms with Gasteiger partial charge in [-0.05, 0) is 103 Å². The second kappa shape index (κ2) is 15.5. The highest BCUT2D eigenvalue weighted by molar-refractivity contribution is 7.00. The molecule has 0 aliphatic carbocycles. The largest absolute Gasteiger partial charge is 0.310 e. The third-order valence-electron chi connectivity index (χ3n) is 15.7. The van der Waals surface area contributed by atoms with Crippen molar-refractivity contribution in [3.8, 4) is 78.5 Å². The molecule has 0 atom stereocenters. The number of rotatable bonds is 6. The number of benzene rings is 11. The molecule has 0 bridgehead atoms. The minimum absolute atomic E-state index is 0.0727. The van der Waals surface area contributed by atoms with Crippen LogP contribution in [0.25, 0.3) is 133 Å². The molecule has 0 spiro atoms. The van der Waals surface area contributed by atoms with Crippen LogP contribution in [0.4, 0.5) is 0 Å². The van der Waals surface area contributed by atoms with Crippen LogP contribution in [0, 0.1) is 0 Å². The fraction of sp³-hybridized carbons (Fsp3) is 0. The molecule has 14 aromatic rings. The van der Waals surface area contributed by atoms with Crippen LogP contribution in [0.2, 0.25) is 0 Å². The molecule has 3 aromatic heterocycles. The van der Waals surface area contributed by atoms with Gasteiger partial charge >= 0.3 is 0 Å². The first kappa shape index (κ1) is 40.2. The summed E-state index contributed by atoms with van der Waals surface area (Å²) in [5.41, 5.74) is 24.6. The molecule has 73 heavy (non-hydrogen) atoms. The topological polar surface area (TPSA) is 35.6 Å². The van der Waals surface area contributed by atoms with Crippen LogP contribution in [0.3, 0.4) is 0 Å². The average molecular weight is 925 g/mol. The summed E-state index contributed by atoms with van der Waals surface area (Å²) >= 11 is 0. The number of para-hydroxylation sites is 1. The van der Waals surface area contributed by atoms with Gasteiger partial charge in [0.05, 0.1) is 22.2 Å². The summed E-state index contributed by atoms with van der Waals surface area (Å²) in [7, 11) is 0. The highest BCUT2D eigenvalue weighted by Crippen LogP contribution is 2.46. The van der Waals surface area contributed by atoms with E-state index in [4.69, 9.17) is 9.97 Å². The predicted molar refractivity (Wildman–Crippen MR) is 305 cm³/mol. The number of fused-ring (bicyclic) bond motifs is 11. The Morgan fingerprint density at radius 1 is 0.315 bits per heavy atom. The van der Waals surface area contributed by atoms with Gasteiger partial charge in [-0.3, -0.25) is 0 Å². The second-order valence-corrected chi connectivity index (χ2v) is 19.6. The van der Waals surface area contributed by atoms with E-state index >= 15 is 0 Å². The molecular weight excluding hydrogens is 884 g/mol. The molecule has 11 aromatic carbocycles. The maximum atomic E-state index is 5.56. The van der Waals surface area contributed by atoms with E-state index in [0.717, 1.165) is 27.7 Å². The first-order valence-electron chi connectivity index (χ1n) is 25.2. The molecule has 0 amide bonds. The van der Waals surface area contributed by atoms with Crippen molar-refractivity contribution in [3.63, 3.8) is 0 Å². The van der Waals surface area contributed by atoms with Crippen molar-refractivity contribution < 1.29 is 0 Å². The second-order valence-electron chi connectivity index (χ2n) is 19.6.